The quantitative estimate of drug-likeness (QED) is 0.343. The van der Waals surface area contributed by atoms with Crippen LogP contribution in [-0.2, 0) is 4.79 Å². The molecule has 32 heavy (non-hydrogen) atoms. The van der Waals surface area contributed by atoms with E-state index in [1.54, 1.807) is 54.7 Å². The number of hydrogen-bond donors (Lipinski definition) is 1. The van der Waals surface area contributed by atoms with E-state index in [1.807, 2.05) is 48.7 Å². The second kappa shape index (κ2) is 10.0. The van der Waals surface area contributed by atoms with Crippen molar-refractivity contribution in [2.24, 2.45) is 5.10 Å². The third-order valence-electron chi connectivity index (χ3n) is 4.52. The van der Waals surface area contributed by atoms with Crippen molar-refractivity contribution in [1.82, 2.24) is 20.2 Å². The summed E-state index contributed by atoms with van der Waals surface area (Å²) >= 11 is 0. The number of carbonyl (C=O) groups excluding carboxylic acids is 1. The molecule has 0 unspecified atom stereocenters. The molecule has 1 amide bonds. The lowest BCUT2D eigenvalue weighted by molar-refractivity contribution is -0.123. The number of hydrogen-bond acceptors (Lipinski definition) is 6. The minimum Gasteiger partial charge on any atom is -0.497 e. The number of hydrazone groups is 1. The molecule has 0 radical (unpaired) electrons. The number of nitrogens with zero attached hydrogens (tertiary/aromatic N) is 4. The molecule has 0 spiro atoms. The Bertz CT molecular complexity index is 1190. The first-order valence-corrected chi connectivity index (χ1v) is 9.87. The standard InChI is InChI=1S/C24H21N5O3/c1-31-21-9-11-22(12-10-21)32-17-23(30)27-26-15-19-16-29(20-7-3-2-4-8-20)28-24(19)18-6-5-13-25-14-18/h2-16H,17H2,1H3,(H,27,30)/b26-15+. The fraction of sp³-hybridized carbons (Fsp3) is 0.0833. The van der Waals surface area contributed by atoms with E-state index in [9.17, 15) is 4.79 Å². The Kier molecular flexibility index (Phi) is 6.52. The highest BCUT2D eigenvalue weighted by molar-refractivity contribution is 5.89. The zero-order valence-corrected chi connectivity index (χ0v) is 17.4. The van der Waals surface area contributed by atoms with Crippen LogP contribution in [0.2, 0.25) is 0 Å². The fourth-order valence-corrected chi connectivity index (χ4v) is 2.95. The third kappa shape index (κ3) is 5.17. The van der Waals surface area contributed by atoms with Gasteiger partial charge in [0.2, 0.25) is 0 Å². The number of rotatable bonds is 8. The highest BCUT2D eigenvalue weighted by Gasteiger charge is 2.11. The molecule has 4 aromatic rings. The van der Waals surface area contributed by atoms with Crippen molar-refractivity contribution in [3.63, 3.8) is 0 Å². The predicted octanol–water partition coefficient (Wildman–Crippen LogP) is 3.47. The number of ether oxygens (including phenoxy) is 2. The van der Waals surface area contributed by atoms with Crippen LogP contribution < -0.4 is 14.9 Å². The first-order chi connectivity index (χ1) is 15.7. The summed E-state index contributed by atoms with van der Waals surface area (Å²) in [5.74, 6) is 0.898. The summed E-state index contributed by atoms with van der Waals surface area (Å²) in [5.41, 5.74) is 5.67. The molecule has 0 aliphatic carbocycles. The van der Waals surface area contributed by atoms with Gasteiger partial charge < -0.3 is 9.47 Å². The normalized spacial score (nSPS) is 10.8. The maximum absolute atomic E-state index is 12.1. The van der Waals surface area contributed by atoms with E-state index in [-0.39, 0.29) is 12.5 Å². The van der Waals surface area contributed by atoms with Gasteiger partial charge in [0.15, 0.2) is 6.61 Å². The van der Waals surface area contributed by atoms with Crippen LogP contribution in [0, 0.1) is 0 Å². The number of carbonyl (C=O) groups is 1. The van der Waals surface area contributed by atoms with E-state index in [4.69, 9.17) is 9.47 Å². The number of nitrogens with one attached hydrogen (secondary N) is 1. The number of pyridine rings is 1. The largest absolute Gasteiger partial charge is 0.497 e. The minimum absolute atomic E-state index is 0.164. The van der Waals surface area contributed by atoms with Crippen molar-refractivity contribution in [1.29, 1.82) is 0 Å². The molecule has 0 aliphatic heterocycles. The fourth-order valence-electron chi connectivity index (χ4n) is 2.95. The molecule has 0 bridgehead atoms. The topological polar surface area (TPSA) is 90.6 Å². The maximum Gasteiger partial charge on any atom is 0.277 e. The highest BCUT2D eigenvalue weighted by Crippen LogP contribution is 2.22. The Hall–Kier alpha value is -4.46. The van der Waals surface area contributed by atoms with Crippen LogP contribution in [0.25, 0.3) is 16.9 Å². The van der Waals surface area contributed by atoms with Gasteiger partial charge in [-0.2, -0.15) is 10.2 Å². The molecule has 1 N–H and O–H groups in total. The molecule has 0 saturated heterocycles. The molecule has 160 valence electrons. The molecular formula is C24H21N5O3. The second-order valence-electron chi connectivity index (χ2n) is 6.71. The van der Waals surface area contributed by atoms with Crippen LogP contribution in [0.5, 0.6) is 11.5 Å². The van der Waals surface area contributed by atoms with Crippen molar-refractivity contribution < 1.29 is 14.3 Å². The zero-order valence-electron chi connectivity index (χ0n) is 17.4. The Balaban J connectivity index is 1.45. The SMILES string of the molecule is COc1ccc(OCC(=O)N/N=C/c2cn(-c3ccccc3)nc2-c2cccnc2)cc1. The first-order valence-electron chi connectivity index (χ1n) is 9.87. The molecule has 0 aliphatic rings. The first kappa shape index (κ1) is 20.8. The van der Waals surface area contributed by atoms with E-state index >= 15 is 0 Å². The van der Waals surface area contributed by atoms with Gasteiger partial charge in [0.05, 0.1) is 19.0 Å². The lowest BCUT2D eigenvalue weighted by Gasteiger charge is -2.05. The van der Waals surface area contributed by atoms with E-state index in [1.165, 1.54) is 0 Å². The van der Waals surface area contributed by atoms with Crippen LogP contribution >= 0.6 is 0 Å². The van der Waals surface area contributed by atoms with Gasteiger partial charge in [-0.1, -0.05) is 18.2 Å². The molecule has 2 aromatic carbocycles. The number of amides is 1. The van der Waals surface area contributed by atoms with Crippen molar-refractivity contribution in [3.05, 3.63) is 90.9 Å². The van der Waals surface area contributed by atoms with Crippen LogP contribution in [0.1, 0.15) is 5.56 Å². The monoisotopic (exact) mass is 427 g/mol. The van der Waals surface area contributed by atoms with Gasteiger partial charge in [0, 0.05) is 29.7 Å². The Morgan fingerprint density at radius 1 is 1.06 bits per heavy atom. The Labute approximate surface area is 185 Å². The summed E-state index contributed by atoms with van der Waals surface area (Å²) < 4.78 is 12.3. The van der Waals surface area contributed by atoms with E-state index < -0.39 is 0 Å². The lowest BCUT2D eigenvalue weighted by atomic mass is 10.1. The van der Waals surface area contributed by atoms with Gasteiger partial charge in [-0.25, -0.2) is 10.1 Å². The number of aromatic nitrogens is 3. The number of methoxy groups -OCH3 is 1. The average molecular weight is 427 g/mol. The summed E-state index contributed by atoms with van der Waals surface area (Å²) in [5, 5.41) is 8.75. The van der Waals surface area contributed by atoms with Crippen LogP contribution in [0.3, 0.4) is 0 Å². The van der Waals surface area contributed by atoms with Gasteiger partial charge in [-0.3, -0.25) is 9.78 Å². The summed E-state index contributed by atoms with van der Waals surface area (Å²) in [6.45, 7) is -0.164. The molecule has 4 rings (SSSR count). The number of para-hydroxylation sites is 1. The van der Waals surface area contributed by atoms with Crippen molar-refractivity contribution >= 4 is 12.1 Å². The Morgan fingerprint density at radius 2 is 1.84 bits per heavy atom. The maximum atomic E-state index is 12.1. The molecular weight excluding hydrogens is 406 g/mol. The van der Waals surface area contributed by atoms with Crippen molar-refractivity contribution in [2.45, 2.75) is 0 Å². The van der Waals surface area contributed by atoms with Gasteiger partial charge in [0.1, 0.15) is 17.2 Å². The molecule has 2 aromatic heterocycles. The summed E-state index contributed by atoms with van der Waals surface area (Å²) in [6.07, 6.45) is 6.84. The number of benzene rings is 2. The molecule has 0 fully saturated rings. The lowest BCUT2D eigenvalue weighted by Crippen LogP contribution is -2.24. The molecule has 0 saturated carbocycles. The van der Waals surface area contributed by atoms with E-state index in [2.05, 4.69) is 20.6 Å². The van der Waals surface area contributed by atoms with Gasteiger partial charge in [-0.15, -0.1) is 0 Å². The second-order valence-corrected chi connectivity index (χ2v) is 6.71. The average Bonchev–Trinajstić information content (AvgIpc) is 3.28. The molecule has 0 atom stereocenters. The summed E-state index contributed by atoms with van der Waals surface area (Å²) in [4.78, 5) is 16.3. The van der Waals surface area contributed by atoms with Crippen molar-refractivity contribution in [3.8, 4) is 28.4 Å². The van der Waals surface area contributed by atoms with E-state index in [0.29, 0.717) is 17.2 Å². The summed E-state index contributed by atoms with van der Waals surface area (Å²) in [6, 6.07) is 20.5. The van der Waals surface area contributed by atoms with Crippen LogP contribution in [-0.4, -0.2) is 40.6 Å². The minimum atomic E-state index is -0.379. The third-order valence-corrected chi connectivity index (χ3v) is 4.52. The van der Waals surface area contributed by atoms with Gasteiger partial charge in [-0.05, 0) is 48.5 Å². The smallest absolute Gasteiger partial charge is 0.277 e. The Morgan fingerprint density at radius 3 is 2.56 bits per heavy atom. The molecule has 2 heterocycles. The van der Waals surface area contributed by atoms with Gasteiger partial charge in [0.25, 0.3) is 5.91 Å². The predicted molar refractivity (Wildman–Crippen MR) is 121 cm³/mol. The summed E-state index contributed by atoms with van der Waals surface area (Å²) in [7, 11) is 1.59. The highest BCUT2D eigenvalue weighted by atomic mass is 16.5. The van der Waals surface area contributed by atoms with Crippen LogP contribution in [0.4, 0.5) is 0 Å². The molecule has 8 nitrogen and oxygen atoms in total. The van der Waals surface area contributed by atoms with Gasteiger partial charge >= 0.3 is 0 Å². The van der Waals surface area contributed by atoms with E-state index in [0.717, 1.165) is 16.8 Å². The van der Waals surface area contributed by atoms with Crippen LogP contribution in [0.15, 0.2) is 90.4 Å². The van der Waals surface area contributed by atoms with Crippen molar-refractivity contribution in [2.75, 3.05) is 13.7 Å². The zero-order chi connectivity index (χ0) is 22.2. The molecule has 8 heteroatoms.